The molecule has 1 aromatic heterocycles. The molecule has 0 unspecified atom stereocenters. The molecule has 0 bridgehead atoms. The summed E-state index contributed by atoms with van der Waals surface area (Å²) in [4.78, 5) is 20.0. The minimum Gasteiger partial charge on any atom is -0.482 e. The average Bonchev–Trinajstić information content (AvgIpc) is 3.02. The van der Waals surface area contributed by atoms with Crippen molar-refractivity contribution in [2.45, 2.75) is 20.4 Å². The van der Waals surface area contributed by atoms with Crippen molar-refractivity contribution in [2.75, 3.05) is 11.5 Å². The third-order valence-corrected chi connectivity index (χ3v) is 5.43. The van der Waals surface area contributed by atoms with Crippen LogP contribution in [0.15, 0.2) is 42.5 Å². The second-order valence-electron chi connectivity index (χ2n) is 6.36. The summed E-state index contributed by atoms with van der Waals surface area (Å²) < 4.78 is 5.61. The molecule has 0 saturated carbocycles. The molecule has 0 spiro atoms. The molecule has 1 amide bonds. The van der Waals surface area contributed by atoms with Crippen LogP contribution in [0.3, 0.4) is 0 Å². The van der Waals surface area contributed by atoms with Crippen molar-refractivity contribution < 1.29 is 9.53 Å². The number of aryl methyl sites for hydroxylation is 2. The second-order valence-corrected chi connectivity index (χ2v) is 7.77. The molecule has 0 atom stereocenters. The Hall–Kier alpha value is -3.17. The van der Waals surface area contributed by atoms with Crippen LogP contribution in [-0.4, -0.2) is 17.5 Å². The molecule has 134 valence electrons. The minimum absolute atomic E-state index is 0.00406. The fourth-order valence-electron chi connectivity index (χ4n) is 3.26. The first-order chi connectivity index (χ1) is 13.1. The summed E-state index contributed by atoms with van der Waals surface area (Å²) in [6.07, 6.45) is 0. The number of benzene rings is 2. The van der Waals surface area contributed by atoms with Crippen molar-refractivity contribution in [3.63, 3.8) is 0 Å². The Kier molecular flexibility index (Phi) is 4.38. The van der Waals surface area contributed by atoms with E-state index in [1.54, 1.807) is 22.3 Å². The molecule has 2 heterocycles. The van der Waals surface area contributed by atoms with Gasteiger partial charge in [-0.05, 0) is 43.7 Å². The van der Waals surface area contributed by atoms with Gasteiger partial charge in [0.1, 0.15) is 5.75 Å². The Balaban J connectivity index is 1.77. The van der Waals surface area contributed by atoms with Gasteiger partial charge in [0, 0.05) is 10.4 Å². The number of carbonyl (C=O) groups excluding carboxylic acids is 1. The maximum absolute atomic E-state index is 12.6. The van der Waals surface area contributed by atoms with Gasteiger partial charge in [0.05, 0.1) is 34.6 Å². The molecule has 0 fully saturated rings. The van der Waals surface area contributed by atoms with Crippen LogP contribution in [0.1, 0.15) is 21.0 Å². The number of hydrogen-bond acceptors (Lipinski definition) is 5. The fourth-order valence-corrected chi connectivity index (χ4v) is 4.10. The van der Waals surface area contributed by atoms with E-state index in [0.29, 0.717) is 23.5 Å². The van der Waals surface area contributed by atoms with Crippen LogP contribution in [0.2, 0.25) is 0 Å². The van der Waals surface area contributed by atoms with Crippen molar-refractivity contribution in [3.8, 4) is 23.1 Å². The number of carbonyl (C=O) groups is 1. The van der Waals surface area contributed by atoms with Gasteiger partial charge in [0.15, 0.2) is 6.61 Å². The van der Waals surface area contributed by atoms with E-state index in [-0.39, 0.29) is 12.5 Å². The van der Waals surface area contributed by atoms with E-state index in [2.05, 4.69) is 11.1 Å². The Morgan fingerprint density at radius 3 is 2.81 bits per heavy atom. The predicted molar refractivity (Wildman–Crippen MR) is 105 cm³/mol. The van der Waals surface area contributed by atoms with E-state index in [1.807, 2.05) is 50.2 Å². The monoisotopic (exact) mass is 375 g/mol. The largest absolute Gasteiger partial charge is 0.482 e. The molecular formula is C21H17N3O2S. The Morgan fingerprint density at radius 2 is 2.07 bits per heavy atom. The lowest BCUT2D eigenvalue weighted by atomic mass is 10.1. The van der Waals surface area contributed by atoms with Gasteiger partial charge in [-0.2, -0.15) is 5.26 Å². The summed E-state index contributed by atoms with van der Waals surface area (Å²) in [7, 11) is 0. The summed E-state index contributed by atoms with van der Waals surface area (Å²) >= 11 is 1.65. The lowest BCUT2D eigenvalue weighted by Gasteiger charge is -2.30. The van der Waals surface area contributed by atoms with E-state index in [4.69, 9.17) is 4.74 Å². The van der Waals surface area contributed by atoms with E-state index in [1.165, 1.54) is 0 Å². The van der Waals surface area contributed by atoms with Gasteiger partial charge in [-0.15, -0.1) is 11.3 Å². The number of nitrogens with zero attached hydrogens (tertiary/aromatic N) is 3. The van der Waals surface area contributed by atoms with Gasteiger partial charge >= 0.3 is 0 Å². The molecule has 27 heavy (non-hydrogen) atoms. The first-order valence-electron chi connectivity index (χ1n) is 8.56. The topological polar surface area (TPSA) is 66.2 Å². The number of hydrogen-bond donors (Lipinski definition) is 0. The summed E-state index contributed by atoms with van der Waals surface area (Å²) in [5.74, 6) is 0.538. The summed E-state index contributed by atoms with van der Waals surface area (Å²) in [6.45, 7) is 4.35. The quantitative estimate of drug-likeness (QED) is 0.687. The zero-order valence-corrected chi connectivity index (χ0v) is 15.8. The second kappa shape index (κ2) is 6.86. The highest BCUT2D eigenvalue weighted by Gasteiger charge is 2.27. The van der Waals surface area contributed by atoms with E-state index in [0.717, 1.165) is 26.7 Å². The normalized spacial score (nSPS) is 13.1. The molecule has 4 rings (SSSR count). The minimum atomic E-state index is -0.126. The molecular weight excluding hydrogens is 358 g/mol. The third kappa shape index (κ3) is 3.18. The smallest absolute Gasteiger partial charge is 0.265 e. The number of rotatable bonds is 3. The van der Waals surface area contributed by atoms with Crippen LogP contribution >= 0.6 is 11.3 Å². The molecule has 2 aromatic carbocycles. The third-order valence-electron chi connectivity index (χ3n) is 4.55. The molecule has 0 N–H and O–H groups in total. The summed E-state index contributed by atoms with van der Waals surface area (Å²) in [5, 5.41) is 10.4. The van der Waals surface area contributed by atoms with Crippen LogP contribution < -0.4 is 9.64 Å². The van der Waals surface area contributed by atoms with Crippen LogP contribution in [0, 0.1) is 25.2 Å². The standard InChI is InChI=1S/C21H17N3O2S/c1-13-21(23-14(2)27-13)15-7-8-19-18(9-15)24(20(25)12-26-19)11-17-6-4-3-5-16(17)10-22/h3-9H,11-12H2,1-2H3. The van der Waals surface area contributed by atoms with Gasteiger partial charge in [0.2, 0.25) is 0 Å². The number of anilines is 1. The maximum Gasteiger partial charge on any atom is 0.265 e. The lowest BCUT2D eigenvalue weighted by molar-refractivity contribution is -0.121. The molecule has 5 nitrogen and oxygen atoms in total. The van der Waals surface area contributed by atoms with Crippen molar-refractivity contribution in [1.29, 1.82) is 5.26 Å². The van der Waals surface area contributed by atoms with Crippen molar-refractivity contribution in [1.82, 2.24) is 4.98 Å². The highest BCUT2D eigenvalue weighted by molar-refractivity contribution is 7.11. The zero-order valence-electron chi connectivity index (χ0n) is 15.0. The number of thiazole rings is 1. The molecule has 0 radical (unpaired) electrons. The van der Waals surface area contributed by atoms with Gasteiger partial charge < -0.3 is 9.64 Å². The van der Waals surface area contributed by atoms with Crippen molar-refractivity contribution in [2.24, 2.45) is 0 Å². The van der Waals surface area contributed by atoms with Crippen LogP contribution in [-0.2, 0) is 11.3 Å². The first-order valence-corrected chi connectivity index (χ1v) is 9.38. The summed E-state index contributed by atoms with van der Waals surface area (Å²) in [6, 6.07) is 15.3. The van der Waals surface area contributed by atoms with Gasteiger partial charge in [0.25, 0.3) is 5.91 Å². The fraction of sp³-hybridized carbons (Fsp3) is 0.190. The molecule has 6 heteroatoms. The average molecular weight is 375 g/mol. The molecule has 1 aliphatic rings. The SMILES string of the molecule is Cc1nc(-c2ccc3c(c2)N(Cc2ccccc2C#N)C(=O)CO3)c(C)s1. The Bertz CT molecular complexity index is 1080. The highest BCUT2D eigenvalue weighted by Crippen LogP contribution is 2.38. The lowest BCUT2D eigenvalue weighted by Crippen LogP contribution is -2.38. The molecule has 3 aromatic rings. The first kappa shape index (κ1) is 17.3. The number of nitriles is 1. The van der Waals surface area contributed by atoms with Crippen LogP contribution in [0.25, 0.3) is 11.3 Å². The molecule has 0 aliphatic carbocycles. The van der Waals surface area contributed by atoms with Crippen molar-refractivity contribution >= 4 is 22.9 Å². The molecule has 1 aliphatic heterocycles. The Morgan fingerprint density at radius 1 is 1.26 bits per heavy atom. The number of fused-ring (bicyclic) bond motifs is 1. The number of amides is 1. The number of aromatic nitrogens is 1. The Labute approximate surface area is 161 Å². The van der Waals surface area contributed by atoms with Gasteiger partial charge in [-0.1, -0.05) is 18.2 Å². The molecule has 0 saturated heterocycles. The van der Waals surface area contributed by atoms with Crippen molar-refractivity contribution in [3.05, 3.63) is 63.5 Å². The van der Waals surface area contributed by atoms with E-state index in [9.17, 15) is 10.1 Å². The van der Waals surface area contributed by atoms with Gasteiger partial charge in [-0.25, -0.2) is 4.98 Å². The van der Waals surface area contributed by atoms with E-state index >= 15 is 0 Å². The van der Waals surface area contributed by atoms with E-state index < -0.39 is 0 Å². The van der Waals surface area contributed by atoms with Crippen LogP contribution in [0.5, 0.6) is 5.75 Å². The van der Waals surface area contributed by atoms with Gasteiger partial charge in [-0.3, -0.25) is 4.79 Å². The highest BCUT2D eigenvalue weighted by atomic mass is 32.1. The zero-order chi connectivity index (χ0) is 19.0. The summed E-state index contributed by atoms with van der Waals surface area (Å²) in [5.41, 5.74) is 3.97. The number of ether oxygens (including phenoxy) is 1. The van der Waals surface area contributed by atoms with Crippen LogP contribution in [0.4, 0.5) is 5.69 Å². The maximum atomic E-state index is 12.6. The predicted octanol–water partition coefficient (Wildman–Crippen LogP) is 4.22.